The molecule has 0 bridgehead atoms. The summed E-state index contributed by atoms with van der Waals surface area (Å²) in [5.74, 6) is 0.0617. The summed E-state index contributed by atoms with van der Waals surface area (Å²) in [5, 5.41) is 11.9. The van der Waals surface area contributed by atoms with Crippen LogP contribution in [0.5, 0.6) is 0 Å². The monoisotopic (exact) mass is 228 g/mol. The summed E-state index contributed by atoms with van der Waals surface area (Å²) < 4.78 is 0. The number of hydrogen-bond acceptors (Lipinski definition) is 3. The molecule has 16 heavy (non-hydrogen) atoms. The third-order valence-electron chi connectivity index (χ3n) is 3.57. The van der Waals surface area contributed by atoms with E-state index in [2.05, 4.69) is 5.32 Å². The molecule has 0 aromatic carbocycles. The molecule has 0 radical (unpaired) electrons. The number of carbonyl (C=O) groups is 1. The highest BCUT2D eigenvalue weighted by Crippen LogP contribution is 2.42. The van der Waals surface area contributed by atoms with Gasteiger partial charge in [0.25, 0.3) is 0 Å². The summed E-state index contributed by atoms with van der Waals surface area (Å²) in [6, 6.07) is 0. The third kappa shape index (κ3) is 3.46. The molecule has 4 N–H and O–H groups in total. The van der Waals surface area contributed by atoms with Gasteiger partial charge in [0.15, 0.2) is 0 Å². The van der Waals surface area contributed by atoms with E-state index >= 15 is 0 Å². The predicted octanol–water partition coefficient (Wildman–Crippen LogP) is 0.640. The van der Waals surface area contributed by atoms with Crippen molar-refractivity contribution in [2.24, 2.45) is 16.6 Å². The standard InChI is InChI=1S/C12H24N2O2/c1-11(2,9-15)8-14-10(16)6-12(7-13)4-3-5-12/h15H,3-9,13H2,1-2H3,(H,14,16). The van der Waals surface area contributed by atoms with Gasteiger partial charge in [-0.1, -0.05) is 20.3 Å². The van der Waals surface area contributed by atoms with Crippen LogP contribution in [0.2, 0.25) is 0 Å². The van der Waals surface area contributed by atoms with E-state index in [9.17, 15) is 4.79 Å². The van der Waals surface area contributed by atoms with Gasteiger partial charge in [-0.25, -0.2) is 0 Å². The van der Waals surface area contributed by atoms with Gasteiger partial charge in [-0.2, -0.15) is 0 Å². The minimum absolute atomic E-state index is 0.0617. The fourth-order valence-electron chi connectivity index (χ4n) is 1.93. The van der Waals surface area contributed by atoms with Gasteiger partial charge in [0.2, 0.25) is 5.91 Å². The zero-order valence-electron chi connectivity index (χ0n) is 10.4. The molecule has 94 valence electrons. The van der Waals surface area contributed by atoms with Crippen LogP contribution in [0.15, 0.2) is 0 Å². The first-order chi connectivity index (χ1) is 7.43. The van der Waals surface area contributed by atoms with Crippen molar-refractivity contribution in [3.63, 3.8) is 0 Å². The lowest BCUT2D eigenvalue weighted by Crippen LogP contribution is -2.44. The first kappa shape index (κ1) is 13.5. The van der Waals surface area contributed by atoms with Crippen LogP contribution in [0.4, 0.5) is 0 Å². The minimum atomic E-state index is -0.245. The van der Waals surface area contributed by atoms with E-state index in [-0.39, 0.29) is 23.3 Å². The van der Waals surface area contributed by atoms with E-state index in [1.807, 2.05) is 13.8 Å². The number of rotatable bonds is 6. The SMILES string of the molecule is CC(C)(CO)CNC(=O)CC1(CN)CCC1. The summed E-state index contributed by atoms with van der Waals surface area (Å²) in [4.78, 5) is 11.7. The Bertz CT molecular complexity index is 242. The Morgan fingerprint density at radius 2 is 2.12 bits per heavy atom. The predicted molar refractivity (Wildman–Crippen MR) is 63.8 cm³/mol. The van der Waals surface area contributed by atoms with Gasteiger partial charge in [-0.3, -0.25) is 4.79 Å². The molecule has 0 atom stereocenters. The Morgan fingerprint density at radius 1 is 1.50 bits per heavy atom. The number of hydrogen-bond donors (Lipinski definition) is 3. The van der Waals surface area contributed by atoms with Crippen molar-refractivity contribution in [2.45, 2.75) is 39.5 Å². The smallest absolute Gasteiger partial charge is 0.220 e. The molecule has 1 saturated carbocycles. The van der Waals surface area contributed by atoms with E-state index in [4.69, 9.17) is 10.8 Å². The summed E-state index contributed by atoms with van der Waals surface area (Å²) in [6.07, 6.45) is 3.86. The van der Waals surface area contributed by atoms with Crippen LogP contribution >= 0.6 is 0 Å². The Labute approximate surface area is 97.6 Å². The maximum absolute atomic E-state index is 11.7. The van der Waals surface area contributed by atoms with Crippen molar-refractivity contribution in [3.05, 3.63) is 0 Å². The first-order valence-electron chi connectivity index (χ1n) is 6.01. The summed E-state index contributed by atoms with van der Waals surface area (Å²) >= 11 is 0. The van der Waals surface area contributed by atoms with Crippen molar-refractivity contribution in [3.8, 4) is 0 Å². The largest absolute Gasteiger partial charge is 0.396 e. The molecular weight excluding hydrogens is 204 g/mol. The lowest BCUT2D eigenvalue weighted by Gasteiger charge is -2.40. The number of amides is 1. The van der Waals surface area contributed by atoms with E-state index in [0.29, 0.717) is 19.5 Å². The van der Waals surface area contributed by atoms with Crippen LogP contribution in [0.25, 0.3) is 0 Å². The summed E-state index contributed by atoms with van der Waals surface area (Å²) in [7, 11) is 0. The van der Waals surface area contributed by atoms with E-state index in [1.165, 1.54) is 6.42 Å². The highest BCUT2D eigenvalue weighted by Gasteiger charge is 2.37. The van der Waals surface area contributed by atoms with E-state index in [0.717, 1.165) is 12.8 Å². The summed E-state index contributed by atoms with van der Waals surface area (Å²) in [6.45, 7) is 5.05. The molecule has 1 rings (SSSR count). The van der Waals surface area contributed by atoms with Gasteiger partial charge in [0, 0.05) is 25.0 Å². The molecule has 0 aromatic rings. The first-order valence-corrected chi connectivity index (χ1v) is 6.01. The molecule has 0 heterocycles. The molecule has 1 fully saturated rings. The molecule has 0 aliphatic heterocycles. The quantitative estimate of drug-likeness (QED) is 0.624. The second-order valence-electron chi connectivity index (χ2n) is 5.83. The Morgan fingerprint density at radius 3 is 2.50 bits per heavy atom. The van der Waals surface area contributed by atoms with Gasteiger partial charge in [-0.05, 0) is 24.8 Å². The van der Waals surface area contributed by atoms with E-state index in [1.54, 1.807) is 0 Å². The molecule has 0 spiro atoms. The number of aliphatic hydroxyl groups excluding tert-OH is 1. The van der Waals surface area contributed by atoms with Crippen LogP contribution in [-0.2, 0) is 4.79 Å². The number of carbonyl (C=O) groups excluding carboxylic acids is 1. The lowest BCUT2D eigenvalue weighted by molar-refractivity contribution is -0.125. The van der Waals surface area contributed by atoms with Crippen LogP contribution in [0.1, 0.15) is 39.5 Å². The highest BCUT2D eigenvalue weighted by molar-refractivity contribution is 5.76. The molecule has 1 amide bonds. The molecule has 0 saturated heterocycles. The van der Waals surface area contributed by atoms with Crippen LogP contribution in [-0.4, -0.2) is 30.7 Å². The number of nitrogens with one attached hydrogen (secondary N) is 1. The average molecular weight is 228 g/mol. The Kier molecular flexibility index (Phi) is 4.33. The Balaban J connectivity index is 2.31. The Hall–Kier alpha value is -0.610. The minimum Gasteiger partial charge on any atom is -0.396 e. The second-order valence-corrected chi connectivity index (χ2v) is 5.83. The van der Waals surface area contributed by atoms with Crippen molar-refractivity contribution < 1.29 is 9.90 Å². The maximum Gasteiger partial charge on any atom is 0.220 e. The van der Waals surface area contributed by atoms with Crippen LogP contribution in [0, 0.1) is 10.8 Å². The fraction of sp³-hybridized carbons (Fsp3) is 0.917. The topological polar surface area (TPSA) is 75.3 Å². The lowest BCUT2D eigenvalue weighted by atomic mass is 9.66. The van der Waals surface area contributed by atoms with Crippen molar-refractivity contribution in [2.75, 3.05) is 19.7 Å². The molecule has 4 nitrogen and oxygen atoms in total. The maximum atomic E-state index is 11.7. The van der Waals surface area contributed by atoms with Crippen LogP contribution < -0.4 is 11.1 Å². The highest BCUT2D eigenvalue weighted by atomic mass is 16.3. The molecule has 1 aliphatic rings. The molecule has 0 unspecified atom stereocenters. The van der Waals surface area contributed by atoms with Crippen molar-refractivity contribution in [1.82, 2.24) is 5.32 Å². The molecule has 1 aliphatic carbocycles. The van der Waals surface area contributed by atoms with Gasteiger partial charge in [0.05, 0.1) is 0 Å². The third-order valence-corrected chi connectivity index (χ3v) is 3.57. The average Bonchev–Trinajstić information content (AvgIpc) is 2.21. The number of aliphatic hydroxyl groups is 1. The van der Waals surface area contributed by atoms with Gasteiger partial charge in [0.1, 0.15) is 0 Å². The zero-order valence-corrected chi connectivity index (χ0v) is 10.4. The fourth-order valence-corrected chi connectivity index (χ4v) is 1.93. The van der Waals surface area contributed by atoms with Crippen molar-refractivity contribution in [1.29, 1.82) is 0 Å². The number of nitrogens with two attached hydrogens (primary N) is 1. The van der Waals surface area contributed by atoms with Crippen molar-refractivity contribution >= 4 is 5.91 Å². The van der Waals surface area contributed by atoms with Crippen LogP contribution in [0.3, 0.4) is 0 Å². The van der Waals surface area contributed by atoms with Gasteiger partial charge in [-0.15, -0.1) is 0 Å². The molecule has 4 heteroatoms. The van der Waals surface area contributed by atoms with E-state index < -0.39 is 0 Å². The second kappa shape index (κ2) is 5.15. The summed E-state index contributed by atoms with van der Waals surface area (Å²) in [5.41, 5.74) is 5.52. The normalized spacial score (nSPS) is 19.0. The molecular formula is C12H24N2O2. The zero-order chi connectivity index (χ0) is 12.2. The van der Waals surface area contributed by atoms with Gasteiger partial charge >= 0.3 is 0 Å². The molecule has 0 aromatic heterocycles. The van der Waals surface area contributed by atoms with Gasteiger partial charge < -0.3 is 16.2 Å².